The van der Waals surface area contributed by atoms with Crippen molar-refractivity contribution < 1.29 is 23.8 Å². The maximum Gasteiger partial charge on any atom is 0.330 e. The molecule has 0 atom stereocenters. The molecule has 2 rings (SSSR count). The van der Waals surface area contributed by atoms with Crippen molar-refractivity contribution in [2.45, 2.75) is 11.8 Å². The van der Waals surface area contributed by atoms with Crippen molar-refractivity contribution in [3.8, 4) is 11.5 Å². The Morgan fingerprint density at radius 3 is 2.57 bits per heavy atom. The molecule has 1 amide bonds. The molecule has 0 saturated carbocycles. The molecule has 0 aromatic heterocycles. The summed E-state index contributed by atoms with van der Waals surface area (Å²) in [5.74, 6) is 1.08. The number of rotatable bonds is 9. The lowest BCUT2D eigenvalue weighted by Crippen LogP contribution is -2.12. The summed E-state index contributed by atoms with van der Waals surface area (Å²) in [6.45, 7) is 2.13. The summed E-state index contributed by atoms with van der Waals surface area (Å²) in [5.41, 5.74) is 1.15. The van der Waals surface area contributed by atoms with Gasteiger partial charge in [-0.3, -0.25) is 4.79 Å². The molecule has 0 heterocycles. The van der Waals surface area contributed by atoms with E-state index in [0.717, 1.165) is 4.90 Å². The maximum absolute atomic E-state index is 12.5. The molecule has 0 radical (unpaired) electrons. The van der Waals surface area contributed by atoms with Crippen molar-refractivity contribution in [1.82, 2.24) is 0 Å². The molecule has 7 heteroatoms. The second kappa shape index (κ2) is 11.0. The van der Waals surface area contributed by atoms with Crippen molar-refractivity contribution in [3.05, 3.63) is 60.2 Å². The molecule has 2 aromatic carbocycles. The summed E-state index contributed by atoms with van der Waals surface area (Å²) in [4.78, 5) is 24.8. The number of esters is 1. The first kappa shape index (κ1) is 21.4. The van der Waals surface area contributed by atoms with Crippen molar-refractivity contribution in [1.29, 1.82) is 0 Å². The smallest absolute Gasteiger partial charge is 0.330 e. The van der Waals surface area contributed by atoms with Gasteiger partial charge in [0.25, 0.3) is 5.91 Å². The normalized spacial score (nSPS) is 10.5. The Hall–Kier alpha value is -2.93. The molecule has 1 N–H and O–H groups in total. The summed E-state index contributed by atoms with van der Waals surface area (Å²) in [6.07, 6.45) is 3.16. The Bertz CT molecular complexity index is 850. The minimum Gasteiger partial charge on any atom is -0.493 e. The highest BCUT2D eigenvalue weighted by Crippen LogP contribution is 2.28. The summed E-state index contributed by atoms with van der Waals surface area (Å²) in [7, 11) is 3.07. The van der Waals surface area contributed by atoms with Gasteiger partial charge in [0.15, 0.2) is 11.5 Å². The number of ether oxygens (including phenoxy) is 3. The molecule has 6 nitrogen and oxygen atoms in total. The van der Waals surface area contributed by atoms with Gasteiger partial charge in [0.05, 0.1) is 20.8 Å². The highest BCUT2D eigenvalue weighted by Gasteiger charge is 2.11. The SMILES string of the molecule is CCOC(=O)/C=C/CSc1cccc(NC(=O)c2ccc(OC)c(OC)c2)c1. The highest BCUT2D eigenvalue weighted by molar-refractivity contribution is 7.99. The van der Waals surface area contributed by atoms with Gasteiger partial charge in [0.2, 0.25) is 0 Å². The molecule has 0 aliphatic heterocycles. The van der Waals surface area contributed by atoms with E-state index in [1.54, 1.807) is 50.1 Å². The zero-order valence-electron chi connectivity index (χ0n) is 16.1. The van der Waals surface area contributed by atoms with Gasteiger partial charge in [-0.25, -0.2) is 4.79 Å². The molecular formula is C21H23NO5S. The van der Waals surface area contributed by atoms with Gasteiger partial charge in [-0.1, -0.05) is 12.1 Å². The number of nitrogens with one attached hydrogen (secondary N) is 1. The number of hydrogen-bond acceptors (Lipinski definition) is 6. The van der Waals surface area contributed by atoms with Crippen LogP contribution >= 0.6 is 11.8 Å². The van der Waals surface area contributed by atoms with E-state index in [4.69, 9.17) is 14.2 Å². The van der Waals surface area contributed by atoms with Crippen molar-refractivity contribution in [2.75, 3.05) is 31.9 Å². The van der Waals surface area contributed by atoms with E-state index in [9.17, 15) is 9.59 Å². The lowest BCUT2D eigenvalue weighted by molar-refractivity contribution is -0.137. The van der Waals surface area contributed by atoms with Gasteiger partial charge in [0.1, 0.15) is 0 Å². The fourth-order valence-electron chi connectivity index (χ4n) is 2.32. The third kappa shape index (κ3) is 6.35. The predicted molar refractivity (Wildman–Crippen MR) is 110 cm³/mol. The van der Waals surface area contributed by atoms with Crippen LogP contribution < -0.4 is 14.8 Å². The lowest BCUT2D eigenvalue weighted by Gasteiger charge is -2.10. The zero-order chi connectivity index (χ0) is 20.4. The molecule has 28 heavy (non-hydrogen) atoms. The van der Waals surface area contributed by atoms with Crippen molar-refractivity contribution in [2.24, 2.45) is 0 Å². The molecule has 0 fully saturated rings. The van der Waals surface area contributed by atoms with Gasteiger partial charge in [-0.2, -0.15) is 0 Å². The average Bonchev–Trinajstić information content (AvgIpc) is 2.71. The zero-order valence-corrected chi connectivity index (χ0v) is 16.9. The number of anilines is 1. The van der Waals surface area contributed by atoms with Crippen LogP contribution in [0.15, 0.2) is 59.5 Å². The van der Waals surface area contributed by atoms with E-state index < -0.39 is 0 Å². The standard InChI is InChI=1S/C21H23NO5S/c1-4-27-20(23)9-6-12-28-17-8-5-7-16(14-17)22-21(24)15-10-11-18(25-2)19(13-15)26-3/h5-11,13-14H,4,12H2,1-3H3,(H,22,24)/b9-6+. The van der Waals surface area contributed by atoms with Gasteiger partial charge in [0, 0.05) is 28.0 Å². The number of thioether (sulfide) groups is 1. The van der Waals surface area contributed by atoms with E-state index in [1.807, 2.05) is 24.3 Å². The second-order valence-corrected chi connectivity index (χ2v) is 6.61. The summed E-state index contributed by atoms with van der Waals surface area (Å²) in [6, 6.07) is 12.5. The molecule has 0 aliphatic carbocycles. The Kier molecular flexibility index (Phi) is 8.42. The Morgan fingerprint density at radius 2 is 1.86 bits per heavy atom. The van der Waals surface area contributed by atoms with E-state index in [-0.39, 0.29) is 11.9 Å². The van der Waals surface area contributed by atoms with Gasteiger partial charge in [-0.15, -0.1) is 11.8 Å². The van der Waals surface area contributed by atoms with Crippen LogP contribution in [0.2, 0.25) is 0 Å². The van der Waals surface area contributed by atoms with Gasteiger partial charge >= 0.3 is 5.97 Å². The number of benzene rings is 2. The van der Waals surface area contributed by atoms with E-state index in [1.165, 1.54) is 13.2 Å². The van der Waals surface area contributed by atoms with Crippen LogP contribution in [0.25, 0.3) is 0 Å². The maximum atomic E-state index is 12.5. The first-order valence-electron chi connectivity index (χ1n) is 8.67. The van der Waals surface area contributed by atoms with E-state index in [2.05, 4.69) is 5.32 Å². The average molecular weight is 401 g/mol. The minimum atomic E-state index is -0.348. The van der Waals surface area contributed by atoms with E-state index >= 15 is 0 Å². The van der Waals surface area contributed by atoms with Crippen LogP contribution in [0.4, 0.5) is 5.69 Å². The summed E-state index contributed by atoms with van der Waals surface area (Å²) in [5, 5.41) is 2.87. The van der Waals surface area contributed by atoms with Crippen LogP contribution in [0.1, 0.15) is 17.3 Å². The third-order valence-electron chi connectivity index (χ3n) is 3.62. The highest BCUT2D eigenvalue weighted by atomic mass is 32.2. The molecule has 0 spiro atoms. The number of carbonyl (C=O) groups is 2. The Labute approximate surface area is 168 Å². The summed E-state index contributed by atoms with van der Waals surface area (Å²) < 4.78 is 15.3. The molecular weight excluding hydrogens is 378 g/mol. The number of carbonyl (C=O) groups excluding carboxylic acids is 2. The Balaban J connectivity index is 1.98. The fraction of sp³-hybridized carbons (Fsp3) is 0.238. The molecule has 0 aliphatic rings. The largest absolute Gasteiger partial charge is 0.493 e. The van der Waals surface area contributed by atoms with Gasteiger partial charge < -0.3 is 19.5 Å². The quantitative estimate of drug-likeness (QED) is 0.386. The number of amides is 1. The van der Waals surface area contributed by atoms with Crippen molar-refractivity contribution in [3.63, 3.8) is 0 Å². The lowest BCUT2D eigenvalue weighted by atomic mass is 10.2. The van der Waals surface area contributed by atoms with Crippen LogP contribution in [-0.4, -0.2) is 38.5 Å². The molecule has 0 bridgehead atoms. The second-order valence-electron chi connectivity index (χ2n) is 5.52. The molecule has 148 valence electrons. The monoisotopic (exact) mass is 401 g/mol. The third-order valence-corrected chi connectivity index (χ3v) is 4.57. The number of hydrogen-bond donors (Lipinski definition) is 1. The fourth-order valence-corrected chi connectivity index (χ4v) is 3.09. The minimum absolute atomic E-state index is 0.245. The van der Waals surface area contributed by atoms with Gasteiger partial charge in [-0.05, 0) is 43.3 Å². The van der Waals surface area contributed by atoms with Crippen molar-refractivity contribution >= 4 is 29.3 Å². The summed E-state index contributed by atoms with van der Waals surface area (Å²) >= 11 is 1.55. The van der Waals surface area contributed by atoms with Crippen LogP contribution in [-0.2, 0) is 9.53 Å². The van der Waals surface area contributed by atoms with Crippen LogP contribution in [0.5, 0.6) is 11.5 Å². The molecule has 2 aromatic rings. The topological polar surface area (TPSA) is 73.9 Å². The van der Waals surface area contributed by atoms with E-state index in [0.29, 0.717) is 35.1 Å². The molecule has 0 unspecified atom stereocenters. The van der Waals surface area contributed by atoms with Crippen LogP contribution in [0.3, 0.4) is 0 Å². The first-order valence-corrected chi connectivity index (χ1v) is 9.65. The molecule has 0 saturated heterocycles. The predicted octanol–water partition coefficient (Wildman–Crippen LogP) is 4.17. The number of methoxy groups -OCH3 is 2. The van der Waals surface area contributed by atoms with Crippen LogP contribution in [0, 0.1) is 0 Å². The first-order chi connectivity index (χ1) is 13.6. The Morgan fingerprint density at radius 1 is 1.07 bits per heavy atom.